The van der Waals surface area contributed by atoms with E-state index in [1.54, 1.807) is 0 Å². The zero-order chi connectivity index (χ0) is 13.7. The molecule has 4 N–H and O–H groups in total. The number of rotatable bonds is 6. The van der Waals surface area contributed by atoms with E-state index < -0.39 is 11.8 Å². The molecule has 98 valence electrons. The van der Waals surface area contributed by atoms with Crippen molar-refractivity contribution in [1.29, 1.82) is 0 Å². The minimum Gasteiger partial charge on any atom is -0.364 e. The summed E-state index contributed by atoms with van der Waals surface area (Å²) in [6.07, 6.45) is 2.64. The molecule has 1 rings (SSSR count). The van der Waals surface area contributed by atoms with Gasteiger partial charge in [-0.25, -0.2) is 9.97 Å². The lowest BCUT2D eigenvalue weighted by Crippen LogP contribution is -2.24. The molecular formula is C12H18N4O2. The molecule has 0 saturated carbocycles. The molecule has 1 aromatic rings. The first kappa shape index (κ1) is 14.1. The second-order valence-corrected chi connectivity index (χ2v) is 4.04. The quantitative estimate of drug-likeness (QED) is 0.768. The summed E-state index contributed by atoms with van der Waals surface area (Å²) in [6, 6.07) is 0. The van der Waals surface area contributed by atoms with Crippen molar-refractivity contribution in [1.82, 2.24) is 9.97 Å². The minimum absolute atomic E-state index is 0.115. The number of carbonyl (C=O) groups excluding carboxylic acids is 2. The van der Waals surface area contributed by atoms with Gasteiger partial charge in [0.25, 0.3) is 11.8 Å². The van der Waals surface area contributed by atoms with Crippen molar-refractivity contribution in [2.45, 2.75) is 39.5 Å². The van der Waals surface area contributed by atoms with E-state index in [4.69, 9.17) is 11.5 Å². The predicted molar refractivity (Wildman–Crippen MR) is 67.1 cm³/mol. The average molecular weight is 250 g/mol. The van der Waals surface area contributed by atoms with E-state index in [1.165, 1.54) is 0 Å². The van der Waals surface area contributed by atoms with Gasteiger partial charge in [0.2, 0.25) is 0 Å². The number of aryl methyl sites for hydroxylation is 1. The van der Waals surface area contributed by atoms with Gasteiger partial charge in [-0.05, 0) is 12.8 Å². The first-order valence-corrected chi connectivity index (χ1v) is 6.00. The van der Waals surface area contributed by atoms with Gasteiger partial charge in [-0.15, -0.1) is 0 Å². The molecule has 0 atom stereocenters. The van der Waals surface area contributed by atoms with Gasteiger partial charge in [0, 0.05) is 12.0 Å². The number of aromatic nitrogens is 2. The van der Waals surface area contributed by atoms with Crippen LogP contribution in [0.1, 0.15) is 59.1 Å². The first-order valence-electron chi connectivity index (χ1n) is 6.00. The topological polar surface area (TPSA) is 112 Å². The van der Waals surface area contributed by atoms with Gasteiger partial charge in [0.1, 0.15) is 17.2 Å². The average Bonchev–Trinajstić information content (AvgIpc) is 2.30. The zero-order valence-electron chi connectivity index (χ0n) is 10.7. The Balaban J connectivity index is 3.44. The highest BCUT2D eigenvalue weighted by molar-refractivity contribution is 5.98. The van der Waals surface area contributed by atoms with E-state index in [-0.39, 0.29) is 11.4 Å². The maximum atomic E-state index is 11.4. The largest absolute Gasteiger partial charge is 0.364 e. The number of amides is 2. The Kier molecular flexibility index (Phi) is 4.76. The normalized spacial score (nSPS) is 10.3. The molecule has 2 amide bonds. The van der Waals surface area contributed by atoms with E-state index in [0.29, 0.717) is 24.2 Å². The molecule has 0 aliphatic heterocycles. The molecule has 0 fully saturated rings. The molecule has 0 aliphatic rings. The zero-order valence-corrected chi connectivity index (χ0v) is 10.7. The monoisotopic (exact) mass is 250 g/mol. The van der Waals surface area contributed by atoms with Crippen LogP contribution in [0.25, 0.3) is 0 Å². The fraction of sp³-hybridized carbons (Fsp3) is 0.500. The summed E-state index contributed by atoms with van der Waals surface area (Å²) in [5, 5.41) is 0. The Bertz CT molecular complexity index is 436. The molecule has 0 aromatic carbocycles. The van der Waals surface area contributed by atoms with Crippen molar-refractivity contribution in [3.8, 4) is 0 Å². The van der Waals surface area contributed by atoms with E-state index in [0.717, 1.165) is 12.8 Å². The number of hydrogen-bond donors (Lipinski definition) is 2. The molecular weight excluding hydrogens is 232 g/mol. The lowest BCUT2D eigenvalue weighted by atomic mass is 10.0. The van der Waals surface area contributed by atoms with Crippen molar-refractivity contribution in [2.24, 2.45) is 11.5 Å². The Morgan fingerprint density at radius 1 is 0.944 bits per heavy atom. The molecule has 1 aromatic heterocycles. The summed E-state index contributed by atoms with van der Waals surface area (Å²) in [7, 11) is 0. The number of primary amides is 2. The number of nitrogens with two attached hydrogens (primary N) is 2. The predicted octanol–water partition coefficient (Wildman–Crippen LogP) is 0.579. The number of hydrogen-bond acceptors (Lipinski definition) is 4. The second kappa shape index (κ2) is 6.09. The van der Waals surface area contributed by atoms with Crippen LogP contribution in [0.2, 0.25) is 0 Å². The second-order valence-electron chi connectivity index (χ2n) is 4.04. The summed E-state index contributed by atoms with van der Waals surface area (Å²) in [5.41, 5.74) is 11.3. The van der Waals surface area contributed by atoms with Gasteiger partial charge in [-0.3, -0.25) is 9.59 Å². The lowest BCUT2D eigenvalue weighted by molar-refractivity contribution is 0.0992. The van der Waals surface area contributed by atoms with Crippen molar-refractivity contribution >= 4 is 11.8 Å². The SMILES string of the molecule is CCCc1nc(C(N)=O)c(CCC)c(C(N)=O)n1. The van der Waals surface area contributed by atoms with Gasteiger partial charge in [0.05, 0.1) is 0 Å². The highest BCUT2D eigenvalue weighted by Crippen LogP contribution is 2.14. The third-order valence-corrected chi connectivity index (χ3v) is 2.49. The molecule has 1 heterocycles. The fourth-order valence-electron chi connectivity index (χ4n) is 1.76. The summed E-state index contributed by atoms with van der Waals surface area (Å²) < 4.78 is 0. The maximum Gasteiger partial charge on any atom is 0.267 e. The molecule has 6 nitrogen and oxygen atoms in total. The maximum absolute atomic E-state index is 11.4. The van der Waals surface area contributed by atoms with Crippen LogP contribution < -0.4 is 11.5 Å². The van der Waals surface area contributed by atoms with Crippen molar-refractivity contribution in [3.05, 3.63) is 22.8 Å². The number of nitrogens with zero attached hydrogens (tertiary/aromatic N) is 2. The van der Waals surface area contributed by atoms with E-state index in [9.17, 15) is 9.59 Å². The van der Waals surface area contributed by atoms with Crippen molar-refractivity contribution in [2.75, 3.05) is 0 Å². The van der Waals surface area contributed by atoms with Crippen LogP contribution in [0.5, 0.6) is 0 Å². The van der Waals surface area contributed by atoms with Gasteiger partial charge in [0.15, 0.2) is 0 Å². The summed E-state index contributed by atoms with van der Waals surface area (Å²) >= 11 is 0. The number of carbonyl (C=O) groups is 2. The molecule has 0 spiro atoms. The lowest BCUT2D eigenvalue weighted by Gasteiger charge is -2.10. The van der Waals surface area contributed by atoms with Gasteiger partial charge >= 0.3 is 0 Å². The van der Waals surface area contributed by atoms with Gasteiger partial charge < -0.3 is 11.5 Å². The smallest absolute Gasteiger partial charge is 0.267 e. The Morgan fingerprint density at radius 3 is 1.72 bits per heavy atom. The first-order chi connectivity index (χ1) is 8.51. The fourth-order valence-corrected chi connectivity index (χ4v) is 1.76. The summed E-state index contributed by atoms with van der Waals surface area (Å²) in [4.78, 5) is 31.1. The Hall–Kier alpha value is -1.98. The Morgan fingerprint density at radius 2 is 1.39 bits per heavy atom. The van der Waals surface area contributed by atoms with Crippen LogP contribution in [-0.4, -0.2) is 21.8 Å². The molecule has 0 bridgehead atoms. The molecule has 18 heavy (non-hydrogen) atoms. The highest BCUT2D eigenvalue weighted by Gasteiger charge is 2.20. The van der Waals surface area contributed by atoms with Crippen LogP contribution in [0.3, 0.4) is 0 Å². The van der Waals surface area contributed by atoms with Gasteiger partial charge in [-0.1, -0.05) is 20.3 Å². The molecule has 0 aliphatic carbocycles. The summed E-state index contributed by atoms with van der Waals surface area (Å²) in [5.74, 6) is -0.874. The third kappa shape index (κ3) is 3.03. The Labute approximate surface area is 106 Å². The van der Waals surface area contributed by atoms with Crippen LogP contribution in [0, 0.1) is 0 Å². The van der Waals surface area contributed by atoms with E-state index >= 15 is 0 Å². The molecule has 0 radical (unpaired) electrons. The van der Waals surface area contributed by atoms with Crippen molar-refractivity contribution < 1.29 is 9.59 Å². The summed E-state index contributed by atoms with van der Waals surface area (Å²) in [6.45, 7) is 3.88. The van der Waals surface area contributed by atoms with Crippen LogP contribution in [0.4, 0.5) is 0 Å². The van der Waals surface area contributed by atoms with Crippen molar-refractivity contribution in [3.63, 3.8) is 0 Å². The standard InChI is InChI=1S/C12H18N4O2/c1-3-5-7-9(11(13)17)15-8(6-4-2)16-10(7)12(14)18/h3-6H2,1-2H3,(H2,13,17)(H2,14,18). The molecule has 0 unspecified atom stereocenters. The van der Waals surface area contributed by atoms with Crippen LogP contribution in [0.15, 0.2) is 0 Å². The van der Waals surface area contributed by atoms with Crippen LogP contribution >= 0.6 is 0 Å². The van der Waals surface area contributed by atoms with Crippen LogP contribution in [-0.2, 0) is 12.8 Å². The van der Waals surface area contributed by atoms with E-state index in [2.05, 4.69) is 9.97 Å². The highest BCUT2D eigenvalue weighted by atomic mass is 16.1. The van der Waals surface area contributed by atoms with Gasteiger partial charge in [-0.2, -0.15) is 0 Å². The molecule has 6 heteroatoms. The minimum atomic E-state index is -0.652. The molecule has 0 saturated heterocycles. The third-order valence-electron chi connectivity index (χ3n) is 2.49. The van der Waals surface area contributed by atoms with E-state index in [1.807, 2.05) is 13.8 Å².